The van der Waals surface area contributed by atoms with Gasteiger partial charge in [-0.3, -0.25) is 10.1 Å². The molecule has 148 valence electrons. The highest BCUT2D eigenvalue weighted by molar-refractivity contribution is 5.88. The highest BCUT2D eigenvalue weighted by Crippen LogP contribution is 2.20. The zero-order chi connectivity index (χ0) is 19.9. The van der Waals surface area contributed by atoms with Crippen molar-refractivity contribution >= 4 is 17.8 Å². The Morgan fingerprint density at radius 3 is 2.71 bits per heavy atom. The summed E-state index contributed by atoms with van der Waals surface area (Å²) in [6, 6.07) is 5.48. The summed E-state index contributed by atoms with van der Waals surface area (Å²) in [5, 5.41) is 2.87. The van der Waals surface area contributed by atoms with Crippen LogP contribution in [0.15, 0.2) is 36.9 Å². The largest absolute Gasteiger partial charge is 0.335 e. The molecular weight excluding hydrogens is 356 g/mol. The highest BCUT2D eigenvalue weighted by Gasteiger charge is 2.26. The molecule has 0 aromatic carbocycles. The van der Waals surface area contributed by atoms with Crippen LogP contribution >= 0.6 is 0 Å². The number of carbonyl (C=O) groups is 2. The van der Waals surface area contributed by atoms with Crippen LogP contribution in [0.2, 0.25) is 0 Å². The first kappa shape index (κ1) is 19.7. The standard InChI is InChI=1S/C20H26N6O2/c1-15-5-3-7-19(23-15)24-20(28)25-9-4-6-18(8-10-25)26(16(2)27)13-17-11-21-14-22-12-17/h3,5,7,11-12,14,18H,4,6,8-10,13H2,1-2H3,(H,23,24,28)/t18-/m1/s1. The minimum absolute atomic E-state index is 0.0238. The Bertz CT molecular complexity index is 813. The molecule has 0 radical (unpaired) electrons. The van der Waals surface area contributed by atoms with Crippen molar-refractivity contribution < 1.29 is 9.59 Å². The first-order chi connectivity index (χ1) is 13.5. The molecule has 0 unspecified atom stereocenters. The molecule has 3 heterocycles. The summed E-state index contributed by atoms with van der Waals surface area (Å²) >= 11 is 0. The second kappa shape index (κ2) is 9.25. The number of rotatable bonds is 4. The third-order valence-electron chi connectivity index (χ3n) is 4.92. The van der Waals surface area contributed by atoms with Gasteiger partial charge >= 0.3 is 6.03 Å². The number of carbonyl (C=O) groups excluding carboxylic acids is 2. The number of likely N-dealkylation sites (tertiary alicyclic amines) is 1. The molecule has 28 heavy (non-hydrogen) atoms. The molecule has 2 aromatic rings. The average Bonchev–Trinajstić information content (AvgIpc) is 2.93. The second-order valence-electron chi connectivity index (χ2n) is 7.06. The number of anilines is 1. The minimum atomic E-state index is -0.149. The zero-order valence-electron chi connectivity index (χ0n) is 16.3. The van der Waals surface area contributed by atoms with E-state index in [1.807, 2.05) is 24.0 Å². The molecule has 1 fully saturated rings. The summed E-state index contributed by atoms with van der Waals surface area (Å²) in [7, 11) is 0. The van der Waals surface area contributed by atoms with Gasteiger partial charge in [0, 0.05) is 56.3 Å². The Balaban J connectivity index is 1.61. The van der Waals surface area contributed by atoms with Gasteiger partial charge in [-0.15, -0.1) is 0 Å². The summed E-state index contributed by atoms with van der Waals surface area (Å²) in [5.74, 6) is 0.580. The van der Waals surface area contributed by atoms with Gasteiger partial charge in [0.1, 0.15) is 12.1 Å². The molecular formula is C20H26N6O2. The van der Waals surface area contributed by atoms with E-state index in [9.17, 15) is 9.59 Å². The van der Waals surface area contributed by atoms with Gasteiger partial charge in [0.15, 0.2) is 0 Å². The SMILES string of the molecule is CC(=O)N(Cc1cncnc1)[C@@H]1CCCN(C(=O)Nc2cccc(C)n2)CC1. The molecule has 3 rings (SSSR count). The van der Waals surface area contributed by atoms with E-state index in [-0.39, 0.29) is 18.0 Å². The lowest BCUT2D eigenvalue weighted by Gasteiger charge is -2.30. The van der Waals surface area contributed by atoms with Gasteiger partial charge in [0.2, 0.25) is 5.91 Å². The van der Waals surface area contributed by atoms with E-state index in [1.165, 1.54) is 6.33 Å². The van der Waals surface area contributed by atoms with E-state index in [1.54, 1.807) is 30.3 Å². The smallest absolute Gasteiger partial charge is 0.323 e. The van der Waals surface area contributed by atoms with Crippen molar-refractivity contribution in [1.29, 1.82) is 0 Å². The maximum atomic E-state index is 12.6. The Morgan fingerprint density at radius 2 is 2.00 bits per heavy atom. The second-order valence-corrected chi connectivity index (χ2v) is 7.06. The van der Waals surface area contributed by atoms with E-state index in [0.717, 1.165) is 30.5 Å². The van der Waals surface area contributed by atoms with Crippen molar-refractivity contribution in [3.8, 4) is 0 Å². The summed E-state index contributed by atoms with van der Waals surface area (Å²) in [6.07, 6.45) is 7.38. The molecule has 0 bridgehead atoms. The van der Waals surface area contributed by atoms with Gasteiger partial charge in [-0.1, -0.05) is 6.07 Å². The van der Waals surface area contributed by atoms with Crippen molar-refractivity contribution in [2.45, 2.75) is 45.7 Å². The number of amides is 3. The van der Waals surface area contributed by atoms with Gasteiger partial charge in [0.25, 0.3) is 0 Å². The molecule has 1 aliphatic heterocycles. The number of hydrogen-bond donors (Lipinski definition) is 1. The minimum Gasteiger partial charge on any atom is -0.335 e. The summed E-state index contributed by atoms with van der Waals surface area (Å²) in [5.41, 5.74) is 1.76. The average molecular weight is 382 g/mol. The van der Waals surface area contributed by atoms with Crippen LogP contribution < -0.4 is 5.32 Å². The Kier molecular flexibility index (Phi) is 6.52. The van der Waals surface area contributed by atoms with Crippen molar-refractivity contribution in [2.75, 3.05) is 18.4 Å². The quantitative estimate of drug-likeness (QED) is 0.878. The molecule has 3 amide bonds. The number of nitrogens with zero attached hydrogens (tertiary/aromatic N) is 5. The number of urea groups is 1. The number of aryl methyl sites for hydroxylation is 1. The first-order valence-corrected chi connectivity index (χ1v) is 9.53. The Labute approximate surface area is 165 Å². The third-order valence-corrected chi connectivity index (χ3v) is 4.92. The molecule has 2 aromatic heterocycles. The molecule has 1 N–H and O–H groups in total. The molecule has 8 heteroatoms. The fraction of sp³-hybridized carbons (Fsp3) is 0.450. The lowest BCUT2D eigenvalue weighted by molar-refractivity contribution is -0.132. The van der Waals surface area contributed by atoms with Gasteiger partial charge in [-0.05, 0) is 38.3 Å². The normalized spacial score (nSPS) is 16.9. The highest BCUT2D eigenvalue weighted by atomic mass is 16.2. The molecule has 0 saturated carbocycles. The fourth-order valence-corrected chi connectivity index (χ4v) is 3.50. The first-order valence-electron chi connectivity index (χ1n) is 9.53. The lowest BCUT2D eigenvalue weighted by Crippen LogP contribution is -2.40. The van der Waals surface area contributed by atoms with Crippen LogP contribution in [0.4, 0.5) is 10.6 Å². The van der Waals surface area contributed by atoms with Crippen molar-refractivity contribution in [2.24, 2.45) is 0 Å². The van der Waals surface area contributed by atoms with E-state index in [2.05, 4.69) is 20.3 Å². The maximum Gasteiger partial charge on any atom is 0.323 e. The topological polar surface area (TPSA) is 91.3 Å². The predicted octanol–water partition coefficient (Wildman–Crippen LogP) is 2.62. The molecule has 0 aliphatic carbocycles. The lowest BCUT2D eigenvalue weighted by atomic mass is 10.1. The van der Waals surface area contributed by atoms with Crippen LogP contribution in [-0.2, 0) is 11.3 Å². The number of hydrogen-bond acceptors (Lipinski definition) is 5. The zero-order valence-corrected chi connectivity index (χ0v) is 16.3. The van der Waals surface area contributed by atoms with Crippen LogP contribution in [0.1, 0.15) is 37.4 Å². The van der Waals surface area contributed by atoms with E-state index in [4.69, 9.17) is 0 Å². The number of pyridine rings is 1. The molecule has 1 saturated heterocycles. The van der Waals surface area contributed by atoms with Gasteiger partial charge in [-0.2, -0.15) is 0 Å². The summed E-state index contributed by atoms with van der Waals surface area (Å²) in [4.78, 5) is 40.9. The van der Waals surface area contributed by atoms with Crippen LogP contribution in [0.3, 0.4) is 0 Å². The van der Waals surface area contributed by atoms with Crippen LogP contribution in [0, 0.1) is 6.92 Å². The maximum absolute atomic E-state index is 12.6. The van der Waals surface area contributed by atoms with Crippen molar-refractivity contribution in [1.82, 2.24) is 24.8 Å². The van der Waals surface area contributed by atoms with Crippen LogP contribution in [0.5, 0.6) is 0 Å². The van der Waals surface area contributed by atoms with Crippen molar-refractivity contribution in [3.63, 3.8) is 0 Å². The van der Waals surface area contributed by atoms with Gasteiger partial charge in [0.05, 0.1) is 0 Å². The molecule has 0 spiro atoms. The van der Waals surface area contributed by atoms with E-state index >= 15 is 0 Å². The van der Waals surface area contributed by atoms with Gasteiger partial charge < -0.3 is 9.80 Å². The summed E-state index contributed by atoms with van der Waals surface area (Å²) in [6.45, 7) is 5.22. The Hall–Kier alpha value is -3.03. The molecule has 1 atom stereocenters. The van der Waals surface area contributed by atoms with E-state index in [0.29, 0.717) is 25.5 Å². The molecule has 1 aliphatic rings. The Morgan fingerprint density at radius 1 is 1.21 bits per heavy atom. The number of aromatic nitrogens is 3. The predicted molar refractivity (Wildman–Crippen MR) is 105 cm³/mol. The van der Waals surface area contributed by atoms with E-state index < -0.39 is 0 Å². The van der Waals surface area contributed by atoms with Crippen LogP contribution in [-0.4, -0.2) is 55.8 Å². The number of nitrogens with one attached hydrogen (secondary N) is 1. The van der Waals surface area contributed by atoms with Gasteiger partial charge in [-0.25, -0.2) is 19.7 Å². The third kappa shape index (κ3) is 5.25. The fourth-order valence-electron chi connectivity index (χ4n) is 3.50. The molecule has 8 nitrogen and oxygen atoms in total. The van der Waals surface area contributed by atoms with Crippen molar-refractivity contribution in [3.05, 3.63) is 48.2 Å². The summed E-state index contributed by atoms with van der Waals surface area (Å²) < 4.78 is 0. The monoisotopic (exact) mass is 382 g/mol. The van der Waals surface area contributed by atoms with Crippen LogP contribution in [0.25, 0.3) is 0 Å².